The molecule has 0 spiro atoms. The van der Waals surface area contributed by atoms with Crippen LogP contribution in [0.2, 0.25) is 0 Å². The first-order valence-corrected chi connectivity index (χ1v) is 5.68. The molecule has 1 aromatic rings. The average Bonchev–Trinajstić information content (AvgIpc) is 2.34. The van der Waals surface area contributed by atoms with E-state index in [1.165, 1.54) is 0 Å². The molecule has 0 radical (unpaired) electrons. The summed E-state index contributed by atoms with van der Waals surface area (Å²) in [7, 11) is 3.89. The van der Waals surface area contributed by atoms with E-state index in [0.717, 1.165) is 5.69 Å². The lowest BCUT2D eigenvalue weighted by Crippen LogP contribution is -2.12. The highest BCUT2D eigenvalue weighted by Crippen LogP contribution is 2.11. The van der Waals surface area contributed by atoms with Crippen LogP contribution in [0.1, 0.15) is 38.1 Å². The molecule has 0 saturated heterocycles. The van der Waals surface area contributed by atoms with Gasteiger partial charge >= 0.3 is 0 Å². The third-order valence-electron chi connectivity index (χ3n) is 1.67. The number of hydrogen-bond acceptors (Lipinski definition) is 2. The molecule has 0 saturated carbocycles. The number of carbonyl (C=O) groups is 1. The van der Waals surface area contributed by atoms with Crippen molar-refractivity contribution in [3.63, 3.8) is 0 Å². The number of carbonyl (C=O) groups excluding carboxylic acids is 1. The van der Waals surface area contributed by atoms with E-state index in [-0.39, 0.29) is 5.91 Å². The van der Waals surface area contributed by atoms with Gasteiger partial charge in [0.05, 0.1) is 0 Å². The smallest absolute Gasteiger partial charge is 0.248 e. The van der Waals surface area contributed by atoms with E-state index in [1.54, 1.807) is 12.1 Å². The van der Waals surface area contributed by atoms with E-state index >= 15 is 0 Å². The second-order valence-corrected chi connectivity index (χ2v) is 2.81. The molecule has 0 aliphatic rings. The van der Waals surface area contributed by atoms with Crippen LogP contribution < -0.4 is 10.6 Å². The van der Waals surface area contributed by atoms with Crippen LogP contribution in [0, 0.1) is 0 Å². The SMILES string of the molecule is CC.CC.CN(C)c1ccc(C(N)=O)cc1. The second kappa shape index (κ2) is 10.0. The van der Waals surface area contributed by atoms with E-state index in [9.17, 15) is 4.79 Å². The van der Waals surface area contributed by atoms with E-state index in [1.807, 2.05) is 58.8 Å². The molecule has 3 nitrogen and oxygen atoms in total. The summed E-state index contributed by atoms with van der Waals surface area (Å²) in [6.45, 7) is 8.00. The van der Waals surface area contributed by atoms with Crippen LogP contribution in [0.4, 0.5) is 5.69 Å². The highest BCUT2D eigenvalue weighted by molar-refractivity contribution is 5.93. The van der Waals surface area contributed by atoms with Crippen LogP contribution >= 0.6 is 0 Å². The molecule has 0 aliphatic carbocycles. The lowest BCUT2D eigenvalue weighted by atomic mass is 10.2. The van der Waals surface area contributed by atoms with Gasteiger partial charge in [-0.25, -0.2) is 0 Å². The quantitative estimate of drug-likeness (QED) is 0.839. The van der Waals surface area contributed by atoms with Crippen molar-refractivity contribution in [1.82, 2.24) is 0 Å². The Balaban J connectivity index is 0. The normalized spacial score (nSPS) is 7.88. The van der Waals surface area contributed by atoms with Crippen LogP contribution in [0.3, 0.4) is 0 Å². The van der Waals surface area contributed by atoms with Gasteiger partial charge in [0.1, 0.15) is 0 Å². The van der Waals surface area contributed by atoms with Crippen LogP contribution in [-0.2, 0) is 0 Å². The van der Waals surface area contributed by atoms with Gasteiger partial charge < -0.3 is 10.6 Å². The topological polar surface area (TPSA) is 46.3 Å². The van der Waals surface area contributed by atoms with Crippen LogP contribution in [0.25, 0.3) is 0 Å². The minimum atomic E-state index is -0.389. The van der Waals surface area contributed by atoms with Crippen molar-refractivity contribution in [2.45, 2.75) is 27.7 Å². The fraction of sp³-hybridized carbons (Fsp3) is 0.462. The van der Waals surface area contributed by atoms with Crippen LogP contribution in [0.5, 0.6) is 0 Å². The van der Waals surface area contributed by atoms with Crippen molar-refractivity contribution < 1.29 is 4.79 Å². The molecule has 92 valence electrons. The molecule has 1 amide bonds. The van der Waals surface area contributed by atoms with Gasteiger partial charge in [-0.1, -0.05) is 27.7 Å². The standard InChI is InChI=1S/C9H12N2O.2C2H6/c1-11(2)8-5-3-7(4-6-8)9(10)12;2*1-2/h3-6H,1-2H3,(H2,10,12);2*1-2H3. The molecule has 1 rings (SSSR count). The largest absolute Gasteiger partial charge is 0.378 e. The molecular weight excluding hydrogens is 200 g/mol. The first-order valence-electron chi connectivity index (χ1n) is 5.68. The van der Waals surface area contributed by atoms with Gasteiger partial charge in [-0.3, -0.25) is 4.79 Å². The van der Waals surface area contributed by atoms with Crippen LogP contribution in [-0.4, -0.2) is 20.0 Å². The number of nitrogens with two attached hydrogens (primary N) is 1. The van der Waals surface area contributed by atoms with E-state index in [4.69, 9.17) is 5.73 Å². The molecule has 1 aromatic carbocycles. The number of rotatable bonds is 2. The maximum atomic E-state index is 10.7. The first kappa shape index (κ1) is 16.9. The minimum Gasteiger partial charge on any atom is -0.378 e. The maximum Gasteiger partial charge on any atom is 0.248 e. The van der Waals surface area contributed by atoms with Crippen molar-refractivity contribution in [3.05, 3.63) is 29.8 Å². The van der Waals surface area contributed by atoms with Crippen LogP contribution in [0.15, 0.2) is 24.3 Å². The fourth-order valence-corrected chi connectivity index (χ4v) is 0.924. The Kier molecular flexibility index (Phi) is 10.6. The van der Waals surface area contributed by atoms with Crippen molar-refractivity contribution in [2.75, 3.05) is 19.0 Å². The summed E-state index contributed by atoms with van der Waals surface area (Å²) in [5.41, 5.74) is 6.69. The summed E-state index contributed by atoms with van der Waals surface area (Å²) in [6.07, 6.45) is 0. The monoisotopic (exact) mass is 224 g/mol. The van der Waals surface area contributed by atoms with Gasteiger partial charge in [0.25, 0.3) is 0 Å². The van der Waals surface area contributed by atoms with E-state index in [0.29, 0.717) is 5.56 Å². The van der Waals surface area contributed by atoms with E-state index in [2.05, 4.69) is 0 Å². The van der Waals surface area contributed by atoms with Gasteiger partial charge in [-0.05, 0) is 24.3 Å². The number of primary amides is 1. The Hall–Kier alpha value is -1.51. The van der Waals surface area contributed by atoms with Crippen molar-refractivity contribution in [2.24, 2.45) is 5.73 Å². The predicted molar refractivity (Wildman–Crippen MR) is 72.0 cm³/mol. The Morgan fingerprint density at radius 1 is 1.00 bits per heavy atom. The van der Waals surface area contributed by atoms with Crippen molar-refractivity contribution in [3.8, 4) is 0 Å². The molecule has 0 heterocycles. The number of anilines is 1. The summed E-state index contributed by atoms with van der Waals surface area (Å²) in [6, 6.07) is 7.16. The molecule has 0 aliphatic heterocycles. The molecule has 2 N–H and O–H groups in total. The minimum absolute atomic E-state index is 0.389. The molecule has 0 unspecified atom stereocenters. The Bertz CT molecular complexity index is 278. The summed E-state index contributed by atoms with van der Waals surface area (Å²) in [4.78, 5) is 12.7. The second-order valence-electron chi connectivity index (χ2n) is 2.81. The summed E-state index contributed by atoms with van der Waals surface area (Å²) >= 11 is 0. The molecule has 16 heavy (non-hydrogen) atoms. The first-order chi connectivity index (χ1) is 7.61. The molecule has 0 atom stereocenters. The molecule has 0 bridgehead atoms. The summed E-state index contributed by atoms with van der Waals surface area (Å²) in [5.74, 6) is -0.389. The lowest BCUT2D eigenvalue weighted by molar-refractivity contribution is 0.100. The van der Waals surface area contributed by atoms with E-state index < -0.39 is 0 Å². The predicted octanol–water partition coefficient (Wildman–Crippen LogP) is 2.90. The van der Waals surface area contributed by atoms with Gasteiger partial charge in [-0.15, -0.1) is 0 Å². The number of hydrogen-bond donors (Lipinski definition) is 1. The average molecular weight is 224 g/mol. The number of amides is 1. The zero-order valence-corrected chi connectivity index (χ0v) is 11.2. The highest BCUT2D eigenvalue weighted by atomic mass is 16.1. The van der Waals surface area contributed by atoms with Gasteiger partial charge in [-0.2, -0.15) is 0 Å². The van der Waals surface area contributed by atoms with Gasteiger partial charge in [0, 0.05) is 25.3 Å². The Morgan fingerprint density at radius 2 is 1.38 bits per heavy atom. The Morgan fingerprint density at radius 3 is 1.62 bits per heavy atom. The third kappa shape index (κ3) is 6.06. The Labute approximate surface area is 99.3 Å². The fourth-order valence-electron chi connectivity index (χ4n) is 0.924. The third-order valence-corrected chi connectivity index (χ3v) is 1.67. The van der Waals surface area contributed by atoms with Crippen molar-refractivity contribution in [1.29, 1.82) is 0 Å². The maximum absolute atomic E-state index is 10.7. The molecule has 0 aromatic heterocycles. The highest BCUT2D eigenvalue weighted by Gasteiger charge is 1.99. The zero-order chi connectivity index (χ0) is 13.1. The van der Waals surface area contributed by atoms with Gasteiger partial charge in [0.15, 0.2) is 0 Å². The number of benzene rings is 1. The van der Waals surface area contributed by atoms with Crippen molar-refractivity contribution >= 4 is 11.6 Å². The molecule has 0 fully saturated rings. The molecular formula is C13H24N2O. The summed E-state index contributed by atoms with van der Waals surface area (Å²) < 4.78 is 0. The number of nitrogens with zero attached hydrogens (tertiary/aromatic N) is 1. The van der Waals surface area contributed by atoms with Gasteiger partial charge in [0.2, 0.25) is 5.91 Å². The lowest BCUT2D eigenvalue weighted by Gasteiger charge is -2.11. The summed E-state index contributed by atoms with van der Waals surface area (Å²) in [5, 5.41) is 0. The molecule has 3 heteroatoms. The zero-order valence-electron chi connectivity index (χ0n) is 11.2.